The van der Waals surface area contributed by atoms with Crippen LogP contribution in [0.25, 0.3) is 0 Å². The smallest absolute Gasteiger partial charge is 0.268 e. The number of thiazole rings is 1. The van der Waals surface area contributed by atoms with E-state index in [9.17, 15) is 9.59 Å². The largest absolute Gasteiger partial charge is 0.364 e. The van der Waals surface area contributed by atoms with E-state index in [1.165, 1.54) is 16.7 Å². The molecule has 0 fully saturated rings. The van der Waals surface area contributed by atoms with Crippen molar-refractivity contribution in [2.24, 2.45) is 5.73 Å². The van der Waals surface area contributed by atoms with Gasteiger partial charge in [0.2, 0.25) is 5.91 Å². The molecule has 5 nitrogen and oxygen atoms in total. The molecule has 0 bridgehead atoms. The number of primary amides is 1. The van der Waals surface area contributed by atoms with E-state index in [2.05, 4.69) is 10.3 Å². The normalized spacial score (nSPS) is 11.8. The van der Waals surface area contributed by atoms with Gasteiger partial charge in [-0.05, 0) is 12.0 Å². The first-order chi connectivity index (χ1) is 9.61. The first-order valence-corrected chi connectivity index (χ1v) is 7.11. The standard InChI is InChI=1S/C14H15N3O2S/c1-2-10(9-6-4-3-5-7-9)13(19)17-14-16-11(8-20-14)12(15)18/h3-8,10H,2H2,1H3,(H2,15,18)(H,16,17,19). The Morgan fingerprint density at radius 1 is 1.35 bits per heavy atom. The zero-order valence-corrected chi connectivity index (χ0v) is 11.8. The fraction of sp³-hybridized carbons (Fsp3) is 0.214. The first-order valence-electron chi connectivity index (χ1n) is 6.23. The van der Waals surface area contributed by atoms with Crippen LogP contribution in [0.1, 0.15) is 35.3 Å². The molecule has 0 saturated carbocycles. The zero-order chi connectivity index (χ0) is 14.5. The Bertz CT molecular complexity index is 610. The predicted octanol–water partition coefficient (Wildman–Crippen LogP) is 2.37. The fourth-order valence-electron chi connectivity index (χ4n) is 1.89. The van der Waals surface area contributed by atoms with Crippen LogP contribution in [0.15, 0.2) is 35.7 Å². The van der Waals surface area contributed by atoms with Crippen molar-refractivity contribution in [3.63, 3.8) is 0 Å². The number of benzene rings is 1. The van der Waals surface area contributed by atoms with Gasteiger partial charge in [-0.15, -0.1) is 11.3 Å². The lowest BCUT2D eigenvalue weighted by atomic mass is 9.96. The minimum absolute atomic E-state index is 0.135. The molecule has 0 spiro atoms. The summed E-state index contributed by atoms with van der Waals surface area (Å²) in [6, 6.07) is 9.56. The van der Waals surface area contributed by atoms with Crippen LogP contribution in [0.3, 0.4) is 0 Å². The highest BCUT2D eigenvalue weighted by Crippen LogP contribution is 2.23. The number of anilines is 1. The molecule has 104 valence electrons. The summed E-state index contributed by atoms with van der Waals surface area (Å²) >= 11 is 1.19. The summed E-state index contributed by atoms with van der Waals surface area (Å²) < 4.78 is 0. The van der Waals surface area contributed by atoms with Crippen LogP contribution >= 0.6 is 11.3 Å². The molecule has 0 aliphatic rings. The molecule has 1 aromatic carbocycles. The van der Waals surface area contributed by atoms with E-state index in [0.29, 0.717) is 11.6 Å². The van der Waals surface area contributed by atoms with Crippen molar-refractivity contribution in [3.05, 3.63) is 47.0 Å². The lowest BCUT2D eigenvalue weighted by molar-refractivity contribution is -0.117. The molecule has 0 aliphatic heterocycles. The molecule has 3 N–H and O–H groups in total. The van der Waals surface area contributed by atoms with E-state index in [1.807, 2.05) is 37.3 Å². The second-order valence-corrected chi connectivity index (χ2v) is 5.12. The van der Waals surface area contributed by atoms with Crippen molar-refractivity contribution in [3.8, 4) is 0 Å². The molecule has 1 heterocycles. The van der Waals surface area contributed by atoms with Gasteiger partial charge < -0.3 is 11.1 Å². The number of nitrogens with two attached hydrogens (primary N) is 1. The number of amides is 2. The summed E-state index contributed by atoms with van der Waals surface area (Å²) in [7, 11) is 0. The Morgan fingerprint density at radius 3 is 2.60 bits per heavy atom. The molecule has 1 aromatic heterocycles. The van der Waals surface area contributed by atoms with Crippen LogP contribution in [-0.4, -0.2) is 16.8 Å². The van der Waals surface area contributed by atoms with Gasteiger partial charge in [-0.1, -0.05) is 37.3 Å². The van der Waals surface area contributed by atoms with E-state index in [4.69, 9.17) is 5.73 Å². The maximum absolute atomic E-state index is 12.3. The van der Waals surface area contributed by atoms with Crippen LogP contribution in [0.2, 0.25) is 0 Å². The maximum Gasteiger partial charge on any atom is 0.268 e. The quantitative estimate of drug-likeness (QED) is 0.886. The summed E-state index contributed by atoms with van der Waals surface area (Å²) in [5, 5.41) is 4.64. The SMILES string of the molecule is CCC(C(=O)Nc1nc(C(N)=O)cs1)c1ccccc1. The Labute approximate surface area is 120 Å². The monoisotopic (exact) mass is 289 g/mol. The molecule has 0 saturated heterocycles. The Balaban J connectivity index is 2.11. The third kappa shape index (κ3) is 3.21. The van der Waals surface area contributed by atoms with Crippen molar-refractivity contribution in [1.82, 2.24) is 4.98 Å². The lowest BCUT2D eigenvalue weighted by Crippen LogP contribution is -2.21. The average molecular weight is 289 g/mol. The third-order valence-corrected chi connectivity index (χ3v) is 3.67. The van der Waals surface area contributed by atoms with Gasteiger partial charge in [-0.25, -0.2) is 4.98 Å². The van der Waals surface area contributed by atoms with Crippen LogP contribution in [-0.2, 0) is 4.79 Å². The minimum atomic E-state index is -0.600. The number of nitrogens with one attached hydrogen (secondary N) is 1. The van der Waals surface area contributed by atoms with E-state index in [1.54, 1.807) is 0 Å². The topological polar surface area (TPSA) is 85.1 Å². The maximum atomic E-state index is 12.3. The van der Waals surface area contributed by atoms with E-state index in [-0.39, 0.29) is 17.5 Å². The molecule has 0 radical (unpaired) electrons. The van der Waals surface area contributed by atoms with Crippen molar-refractivity contribution in [2.75, 3.05) is 5.32 Å². The molecule has 2 rings (SSSR count). The predicted molar refractivity (Wildman–Crippen MR) is 78.7 cm³/mol. The molecule has 2 aromatic rings. The number of rotatable bonds is 5. The van der Waals surface area contributed by atoms with Gasteiger partial charge >= 0.3 is 0 Å². The van der Waals surface area contributed by atoms with Crippen molar-refractivity contribution < 1.29 is 9.59 Å². The molecule has 6 heteroatoms. The van der Waals surface area contributed by atoms with Crippen LogP contribution in [0.4, 0.5) is 5.13 Å². The molecular weight excluding hydrogens is 274 g/mol. The fourth-order valence-corrected chi connectivity index (χ4v) is 2.60. The van der Waals surface area contributed by atoms with Crippen molar-refractivity contribution in [2.45, 2.75) is 19.3 Å². The van der Waals surface area contributed by atoms with E-state index in [0.717, 1.165) is 5.56 Å². The summed E-state index contributed by atoms with van der Waals surface area (Å²) in [6.07, 6.45) is 0.684. The van der Waals surface area contributed by atoms with Crippen molar-refractivity contribution >= 4 is 28.3 Å². The highest BCUT2D eigenvalue weighted by atomic mass is 32.1. The van der Waals surface area contributed by atoms with Gasteiger partial charge in [0.1, 0.15) is 5.69 Å². The highest BCUT2D eigenvalue weighted by molar-refractivity contribution is 7.14. The second-order valence-electron chi connectivity index (χ2n) is 4.26. The molecule has 2 amide bonds. The Kier molecular flexibility index (Phi) is 4.47. The first kappa shape index (κ1) is 14.2. The van der Waals surface area contributed by atoms with Gasteiger partial charge in [0.15, 0.2) is 5.13 Å². The van der Waals surface area contributed by atoms with Gasteiger partial charge in [-0.2, -0.15) is 0 Å². The number of hydrogen-bond donors (Lipinski definition) is 2. The minimum Gasteiger partial charge on any atom is -0.364 e. The summed E-state index contributed by atoms with van der Waals surface area (Å²) in [6.45, 7) is 1.95. The Hall–Kier alpha value is -2.21. The summed E-state index contributed by atoms with van der Waals surface area (Å²) in [5.41, 5.74) is 6.25. The number of nitrogens with zero attached hydrogens (tertiary/aromatic N) is 1. The highest BCUT2D eigenvalue weighted by Gasteiger charge is 2.19. The molecule has 0 aliphatic carbocycles. The van der Waals surface area contributed by atoms with E-state index < -0.39 is 5.91 Å². The zero-order valence-electron chi connectivity index (χ0n) is 11.0. The van der Waals surface area contributed by atoms with Crippen LogP contribution < -0.4 is 11.1 Å². The van der Waals surface area contributed by atoms with Gasteiger partial charge in [0.25, 0.3) is 5.91 Å². The van der Waals surface area contributed by atoms with Gasteiger partial charge in [0.05, 0.1) is 5.92 Å². The average Bonchev–Trinajstić information content (AvgIpc) is 2.89. The van der Waals surface area contributed by atoms with Crippen molar-refractivity contribution in [1.29, 1.82) is 0 Å². The number of aromatic nitrogens is 1. The molecular formula is C14H15N3O2S. The number of hydrogen-bond acceptors (Lipinski definition) is 4. The molecule has 1 unspecified atom stereocenters. The lowest BCUT2D eigenvalue weighted by Gasteiger charge is -2.13. The number of carbonyl (C=O) groups excluding carboxylic acids is 2. The summed E-state index contributed by atoms with van der Waals surface area (Å²) in [4.78, 5) is 27.2. The van der Waals surface area contributed by atoms with Gasteiger partial charge in [0, 0.05) is 5.38 Å². The summed E-state index contributed by atoms with van der Waals surface area (Å²) in [5.74, 6) is -0.974. The van der Waals surface area contributed by atoms with Crippen LogP contribution in [0.5, 0.6) is 0 Å². The molecule has 1 atom stereocenters. The molecule has 20 heavy (non-hydrogen) atoms. The van der Waals surface area contributed by atoms with E-state index >= 15 is 0 Å². The second kappa shape index (κ2) is 6.29. The Morgan fingerprint density at radius 2 is 2.05 bits per heavy atom. The number of carbonyl (C=O) groups is 2. The third-order valence-electron chi connectivity index (χ3n) is 2.91. The van der Waals surface area contributed by atoms with Crippen LogP contribution in [0, 0.1) is 0 Å². The van der Waals surface area contributed by atoms with Gasteiger partial charge in [-0.3, -0.25) is 9.59 Å².